The van der Waals surface area contributed by atoms with Crippen molar-refractivity contribution < 1.29 is 33.5 Å². The second kappa shape index (κ2) is 49.9. The summed E-state index contributed by atoms with van der Waals surface area (Å²) in [6.07, 6.45) is 30.9. The number of amides is 4. The minimum absolute atomic E-state index is 0.105. The molecular formula is C119H140N12O7S. The molecule has 4 N–H and O–H groups in total. The van der Waals surface area contributed by atoms with Crippen LogP contribution in [-0.4, -0.2) is 121 Å². The quantitative estimate of drug-likeness (QED) is 0.0223. The minimum atomic E-state index is 0.105. The van der Waals surface area contributed by atoms with Crippen molar-refractivity contribution in [3.8, 4) is 16.9 Å². The number of methoxy groups -OCH3 is 1. The third kappa shape index (κ3) is 24.8. The Morgan fingerprint density at radius 1 is 0.345 bits per heavy atom. The molecule has 0 radical (unpaired) electrons. The van der Waals surface area contributed by atoms with Gasteiger partial charge in [-0.1, -0.05) is 208 Å². The number of likely N-dealkylation sites (N-methyl/N-ethyl adjacent to an activating group) is 1. The van der Waals surface area contributed by atoms with Gasteiger partial charge >= 0.3 is 0 Å². The summed E-state index contributed by atoms with van der Waals surface area (Å²) in [6, 6.07) is 83.4. The van der Waals surface area contributed by atoms with Gasteiger partial charge in [0.1, 0.15) is 16.4 Å². The number of para-hydroxylation sites is 7. The number of unbranched alkanes of at least 4 members (excludes halogenated alkanes) is 9. The summed E-state index contributed by atoms with van der Waals surface area (Å²) in [6.45, 7) is 11.3. The molecule has 7 aromatic heterocycles. The Labute approximate surface area is 823 Å². The fraction of sp³-hybridized carbons (Fsp3) is 0.370. The van der Waals surface area contributed by atoms with Crippen molar-refractivity contribution in [3.05, 3.63) is 288 Å². The lowest BCUT2D eigenvalue weighted by Gasteiger charge is -2.24. The highest BCUT2D eigenvalue weighted by molar-refractivity contribution is 7.13. The number of ether oxygens (including phenoxy) is 1. The lowest BCUT2D eigenvalue weighted by molar-refractivity contribution is -0.121. The average Bonchev–Trinajstić information content (AvgIpc) is 1.60. The van der Waals surface area contributed by atoms with Crippen LogP contribution in [0.3, 0.4) is 0 Å². The number of carbonyl (C=O) groups is 6. The Morgan fingerprint density at radius 2 is 0.741 bits per heavy atom. The highest BCUT2D eigenvalue weighted by Gasteiger charge is 2.26. The zero-order valence-electron chi connectivity index (χ0n) is 82.9. The predicted molar refractivity (Wildman–Crippen MR) is 575 cm³/mol. The minimum Gasteiger partial charge on any atom is -0.495 e. The Kier molecular flexibility index (Phi) is 36.0. The van der Waals surface area contributed by atoms with Gasteiger partial charge in [0.2, 0.25) is 23.6 Å². The van der Waals surface area contributed by atoms with Crippen molar-refractivity contribution in [1.29, 1.82) is 0 Å². The van der Waals surface area contributed by atoms with E-state index in [-0.39, 0.29) is 35.2 Å². The molecule has 0 bridgehead atoms. The van der Waals surface area contributed by atoms with Gasteiger partial charge in [-0.3, -0.25) is 24.0 Å². The normalized spacial score (nSPS) is 12.7. The number of nitrogens with one attached hydrogen (secondary N) is 4. The second-order valence-electron chi connectivity index (χ2n) is 37.5. The average molecular weight is 1880 g/mol. The summed E-state index contributed by atoms with van der Waals surface area (Å²) in [5.74, 6) is 1.94. The first-order chi connectivity index (χ1) is 68.1. The van der Waals surface area contributed by atoms with Crippen LogP contribution in [0.15, 0.2) is 243 Å². The molecule has 0 spiro atoms. The van der Waals surface area contributed by atoms with E-state index in [2.05, 4.69) is 277 Å². The Bertz CT molecular complexity index is 6930. The van der Waals surface area contributed by atoms with E-state index < -0.39 is 0 Å². The van der Waals surface area contributed by atoms with Gasteiger partial charge in [-0.25, -0.2) is 0 Å². The first kappa shape index (κ1) is 100. The Morgan fingerprint density at radius 3 is 1.24 bits per heavy atom. The number of carbonyl (C=O) groups excluding carboxylic acids is 6. The molecule has 139 heavy (non-hydrogen) atoms. The Hall–Kier alpha value is -13.2. The number of fused-ring (bicyclic) bond motifs is 18. The molecular weight excluding hydrogens is 1740 g/mol. The summed E-state index contributed by atoms with van der Waals surface area (Å²) < 4.78 is 24.6. The SMILES string of the molecule is CC(=O)CCCCn1c2ccccc2c2ccccc21.CC(=O)c1ccc(Cn2c3ccccc3c3ccccc32)cc1.CNC(=O)CCCCCn1c2c(c3cc(-c4ccccc4)ccc31)CCCC2.CNC(=O)CCCCCn1c2c(c3cccc(OC)c31)CCCC2.CNC(=O)CCCCCn1c2c(c3ccccc31)CCN(C)C2.CNC(=O)CCCCCn1c2ccccc2c2cnsc21. The van der Waals surface area contributed by atoms with Crippen molar-refractivity contribution >= 4 is 144 Å². The van der Waals surface area contributed by atoms with Crippen LogP contribution in [0.4, 0.5) is 0 Å². The van der Waals surface area contributed by atoms with Crippen LogP contribution in [0, 0.1) is 0 Å². The van der Waals surface area contributed by atoms with Crippen LogP contribution in [0.2, 0.25) is 0 Å². The molecule has 2 aliphatic carbocycles. The monoisotopic (exact) mass is 1880 g/mol. The van der Waals surface area contributed by atoms with E-state index in [9.17, 15) is 28.8 Å². The number of rotatable bonds is 34. The molecule has 0 atom stereocenters. The van der Waals surface area contributed by atoms with Crippen LogP contribution in [0.25, 0.3) is 109 Å². The summed E-state index contributed by atoms with van der Waals surface area (Å²) in [7, 11) is 10.8. The maximum absolute atomic E-state index is 11.4. The summed E-state index contributed by atoms with van der Waals surface area (Å²) in [5.41, 5.74) is 24.1. The second-order valence-corrected chi connectivity index (χ2v) is 38.3. The van der Waals surface area contributed by atoms with Gasteiger partial charge < -0.3 is 63.1 Å². The van der Waals surface area contributed by atoms with E-state index in [1.165, 1.54) is 182 Å². The number of hydrogen-bond acceptors (Lipinski definition) is 10. The van der Waals surface area contributed by atoms with Gasteiger partial charge in [0.05, 0.1) is 18.8 Å². The van der Waals surface area contributed by atoms with E-state index in [0.717, 1.165) is 160 Å². The van der Waals surface area contributed by atoms with E-state index in [1.54, 1.807) is 77.5 Å². The molecule has 8 heterocycles. The fourth-order valence-electron chi connectivity index (χ4n) is 20.9. The zero-order valence-corrected chi connectivity index (χ0v) is 83.7. The number of nitrogens with zero attached hydrogens (tertiary/aromatic N) is 8. The molecule has 0 saturated carbocycles. The molecule has 724 valence electrons. The first-order valence-electron chi connectivity index (χ1n) is 50.9. The van der Waals surface area contributed by atoms with E-state index >= 15 is 0 Å². The maximum atomic E-state index is 11.4. The van der Waals surface area contributed by atoms with Crippen molar-refractivity contribution in [3.63, 3.8) is 0 Å². The summed E-state index contributed by atoms with van der Waals surface area (Å²) >= 11 is 1.56. The lowest BCUT2D eigenvalue weighted by atomic mass is 9.94. The summed E-state index contributed by atoms with van der Waals surface area (Å²) in [4.78, 5) is 71.3. The van der Waals surface area contributed by atoms with Gasteiger partial charge in [0.25, 0.3) is 0 Å². The predicted octanol–water partition coefficient (Wildman–Crippen LogP) is 25.4. The van der Waals surface area contributed by atoms with Gasteiger partial charge in [0.15, 0.2) is 5.78 Å². The molecule has 0 saturated heterocycles. The maximum Gasteiger partial charge on any atom is 0.219 e. The van der Waals surface area contributed by atoms with Crippen molar-refractivity contribution in [1.82, 2.24) is 57.9 Å². The molecule has 20 rings (SSSR count). The fourth-order valence-corrected chi connectivity index (χ4v) is 21.8. The molecule has 3 aliphatic rings. The molecule has 10 aromatic carbocycles. The molecule has 4 amide bonds. The number of Topliss-reactive ketones (excluding diaryl/α,β-unsaturated/α-hetero) is 2. The van der Waals surface area contributed by atoms with Crippen molar-refractivity contribution in [2.75, 3.05) is 48.9 Å². The van der Waals surface area contributed by atoms with E-state index in [0.29, 0.717) is 32.1 Å². The third-order valence-electron chi connectivity index (χ3n) is 28.2. The molecule has 0 unspecified atom stereocenters. The zero-order chi connectivity index (χ0) is 96.9. The van der Waals surface area contributed by atoms with Crippen LogP contribution < -0.4 is 26.0 Å². The van der Waals surface area contributed by atoms with Crippen LogP contribution in [0.1, 0.15) is 211 Å². The van der Waals surface area contributed by atoms with Crippen molar-refractivity contribution in [2.45, 2.75) is 239 Å². The number of aryl methyl sites for hydroxylation is 7. The van der Waals surface area contributed by atoms with Gasteiger partial charge in [0, 0.05) is 222 Å². The van der Waals surface area contributed by atoms with Gasteiger partial charge in [-0.2, -0.15) is 4.37 Å². The molecule has 17 aromatic rings. The smallest absolute Gasteiger partial charge is 0.219 e. The highest BCUT2D eigenvalue weighted by Crippen LogP contribution is 2.41. The standard InChI is InChI=1S/C25H30N2O.C21H17NO.C20H28N2O2.C19H27N3O.C18H19NO.C16H19N3OS/c1-26-25(28)14-6-3-9-17-27-23-13-8-7-12-21(23)22-18-20(15-16-24(22)27)19-10-4-2-5-11-19;1-15(23)17-12-10-16(11-13-17)14-22-20-8-4-2-6-18(20)19-7-3-5-9-21(19)22;1-21-19(23)13-4-3-7-14-22-17-11-6-5-9-15(17)16-10-8-12-18(24-2)20(16)22;1-20-19(23)10-4-3-7-12-22-17-9-6-5-8-15(17)16-11-13-21(2)14-18(16)22;1-14(20)8-6-7-13-19-17-11-4-2-9-15(17)16-10-3-5-12-18(16)19;1-17-15(20)9-3-2-6-10-19-14-8-5-4-7-12(14)13-11-18-21-16(13)19/h2,4-5,10-11,15-16,18H,3,6-9,12-14,17H2,1H3,(H,26,28);2-13H,14H2,1H3;8,10,12H,3-7,9,11,13-14H2,1-2H3,(H,21,23);5-6,8-9H,3-4,7,10-14H2,1-2H3,(H,20,23);2-5,9-12H,6-8,13H2,1H3;4-5,7-8,11H,2-3,6,9-10H2,1H3,(H,17,20). The first-order valence-corrected chi connectivity index (χ1v) is 51.6. The van der Waals surface area contributed by atoms with Crippen LogP contribution >= 0.6 is 11.5 Å². The summed E-state index contributed by atoms with van der Waals surface area (Å²) in [5, 5.41) is 22.7. The number of hydrogen-bond donors (Lipinski definition) is 4. The molecule has 19 nitrogen and oxygen atoms in total. The number of benzene rings is 10. The van der Waals surface area contributed by atoms with E-state index in [1.807, 2.05) is 30.5 Å². The van der Waals surface area contributed by atoms with Crippen LogP contribution in [-0.2, 0) is 102 Å². The molecule has 1 aliphatic heterocycles. The number of ketones is 2. The topological polar surface area (TPSA) is 205 Å². The highest BCUT2D eigenvalue weighted by atomic mass is 32.1. The van der Waals surface area contributed by atoms with Crippen LogP contribution in [0.5, 0.6) is 5.75 Å². The lowest BCUT2D eigenvalue weighted by Crippen LogP contribution is -2.27. The molecule has 0 fully saturated rings. The third-order valence-corrected chi connectivity index (χ3v) is 29.0. The van der Waals surface area contributed by atoms with Gasteiger partial charge in [-0.15, -0.1) is 0 Å². The van der Waals surface area contributed by atoms with Gasteiger partial charge in [-0.05, 0) is 242 Å². The van der Waals surface area contributed by atoms with Crippen molar-refractivity contribution in [2.24, 2.45) is 0 Å². The Balaban J connectivity index is 0.000000127. The largest absolute Gasteiger partial charge is 0.495 e. The van der Waals surface area contributed by atoms with E-state index in [4.69, 9.17) is 4.74 Å². The number of aromatic nitrogens is 7. The molecule has 20 heteroatoms.